The van der Waals surface area contributed by atoms with Crippen LogP contribution in [0.4, 0.5) is 0 Å². The van der Waals surface area contributed by atoms with Gasteiger partial charge in [0.05, 0.1) is 6.10 Å². The molecule has 0 saturated heterocycles. The molecular weight excluding hydrogens is 180 g/mol. The average Bonchev–Trinajstić information content (AvgIpc) is 2.19. The second kappa shape index (κ2) is 5.18. The molecule has 1 unspecified atom stereocenters. The lowest BCUT2D eigenvalue weighted by Gasteiger charge is -2.12. The average molecular weight is 196 g/mol. The number of hydrogen-bond donors (Lipinski definition) is 0. The third kappa shape index (κ3) is 3.31. The Balaban J connectivity index is 2.58. The third-order valence-electron chi connectivity index (χ3n) is 1.97. The van der Waals surface area contributed by atoms with Crippen LogP contribution in [0.3, 0.4) is 0 Å². The molecular formula is C11H16OS. The molecule has 0 aliphatic rings. The van der Waals surface area contributed by atoms with E-state index in [0.717, 1.165) is 12.2 Å². The van der Waals surface area contributed by atoms with E-state index in [9.17, 15) is 0 Å². The summed E-state index contributed by atoms with van der Waals surface area (Å²) in [6.45, 7) is 4.21. The van der Waals surface area contributed by atoms with Crippen LogP contribution in [0.2, 0.25) is 0 Å². The molecule has 0 amide bonds. The number of benzene rings is 1. The van der Waals surface area contributed by atoms with Crippen molar-refractivity contribution in [2.24, 2.45) is 0 Å². The maximum Gasteiger partial charge on any atom is 0.119 e. The van der Waals surface area contributed by atoms with Crippen LogP contribution in [0, 0.1) is 0 Å². The standard InChI is InChI=1S/C11H16OS/c1-4-9(2)12-10-5-7-11(13-3)8-6-10/h5-9H,4H2,1-3H3. The Labute approximate surface area is 84.5 Å². The molecule has 0 aliphatic carbocycles. The molecule has 0 aliphatic heterocycles. The van der Waals surface area contributed by atoms with Gasteiger partial charge in [-0.05, 0) is 43.9 Å². The molecule has 0 bridgehead atoms. The van der Waals surface area contributed by atoms with Crippen molar-refractivity contribution in [3.63, 3.8) is 0 Å². The zero-order valence-electron chi connectivity index (χ0n) is 8.41. The van der Waals surface area contributed by atoms with Gasteiger partial charge in [0.1, 0.15) is 5.75 Å². The van der Waals surface area contributed by atoms with E-state index >= 15 is 0 Å². The van der Waals surface area contributed by atoms with Gasteiger partial charge in [0, 0.05) is 4.90 Å². The Morgan fingerprint density at radius 2 is 1.92 bits per heavy atom. The van der Waals surface area contributed by atoms with Gasteiger partial charge >= 0.3 is 0 Å². The van der Waals surface area contributed by atoms with Crippen LogP contribution in [0.1, 0.15) is 20.3 Å². The summed E-state index contributed by atoms with van der Waals surface area (Å²) in [5, 5.41) is 0. The number of rotatable bonds is 4. The molecule has 0 aromatic heterocycles. The van der Waals surface area contributed by atoms with Crippen LogP contribution in [-0.4, -0.2) is 12.4 Å². The fourth-order valence-corrected chi connectivity index (χ4v) is 1.38. The van der Waals surface area contributed by atoms with E-state index in [-0.39, 0.29) is 0 Å². The zero-order valence-corrected chi connectivity index (χ0v) is 9.23. The Bertz CT molecular complexity index is 243. The largest absolute Gasteiger partial charge is 0.491 e. The van der Waals surface area contributed by atoms with E-state index < -0.39 is 0 Å². The highest BCUT2D eigenvalue weighted by Crippen LogP contribution is 2.20. The van der Waals surface area contributed by atoms with Crippen LogP contribution < -0.4 is 4.74 Å². The van der Waals surface area contributed by atoms with Crippen molar-refractivity contribution >= 4 is 11.8 Å². The van der Waals surface area contributed by atoms with Crippen LogP contribution in [0.15, 0.2) is 29.2 Å². The quantitative estimate of drug-likeness (QED) is 0.681. The molecule has 0 radical (unpaired) electrons. The van der Waals surface area contributed by atoms with Gasteiger partial charge in [-0.2, -0.15) is 0 Å². The van der Waals surface area contributed by atoms with Crippen molar-refractivity contribution in [2.45, 2.75) is 31.3 Å². The second-order valence-corrected chi connectivity index (χ2v) is 3.89. The summed E-state index contributed by atoms with van der Waals surface area (Å²) < 4.78 is 5.65. The predicted molar refractivity (Wildman–Crippen MR) is 58.6 cm³/mol. The highest BCUT2D eigenvalue weighted by Gasteiger charge is 1.99. The van der Waals surface area contributed by atoms with Crippen molar-refractivity contribution in [3.8, 4) is 5.75 Å². The lowest BCUT2D eigenvalue weighted by atomic mass is 10.3. The fourth-order valence-electron chi connectivity index (χ4n) is 0.970. The van der Waals surface area contributed by atoms with Gasteiger partial charge in [-0.25, -0.2) is 0 Å². The predicted octanol–water partition coefficient (Wildman–Crippen LogP) is 3.59. The molecule has 0 spiro atoms. The molecule has 1 aromatic rings. The minimum atomic E-state index is 0.306. The normalized spacial score (nSPS) is 12.5. The first-order valence-electron chi connectivity index (χ1n) is 4.57. The van der Waals surface area contributed by atoms with Crippen molar-refractivity contribution in [1.82, 2.24) is 0 Å². The van der Waals surface area contributed by atoms with Gasteiger partial charge in [-0.15, -0.1) is 11.8 Å². The highest BCUT2D eigenvalue weighted by atomic mass is 32.2. The molecule has 0 fully saturated rings. The summed E-state index contributed by atoms with van der Waals surface area (Å²) in [4.78, 5) is 1.27. The number of hydrogen-bond acceptors (Lipinski definition) is 2. The number of thioether (sulfide) groups is 1. The lowest BCUT2D eigenvalue weighted by Crippen LogP contribution is -2.09. The van der Waals surface area contributed by atoms with Crippen molar-refractivity contribution < 1.29 is 4.74 Å². The second-order valence-electron chi connectivity index (χ2n) is 3.01. The molecule has 0 saturated carbocycles. The summed E-state index contributed by atoms with van der Waals surface area (Å²) >= 11 is 1.75. The molecule has 0 N–H and O–H groups in total. The van der Waals surface area contributed by atoms with E-state index in [0.29, 0.717) is 6.10 Å². The van der Waals surface area contributed by atoms with Gasteiger partial charge in [-0.3, -0.25) is 0 Å². The molecule has 13 heavy (non-hydrogen) atoms. The van der Waals surface area contributed by atoms with Gasteiger partial charge in [0.25, 0.3) is 0 Å². The summed E-state index contributed by atoms with van der Waals surface area (Å²) in [5.41, 5.74) is 0. The minimum Gasteiger partial charge on any atom is -0.491 e. The molecule has 1 nitrogen and oxygen atoms in total. The van der Waals surface area contributed by atoms with E-state index in [4.69, 9.17) is 4.74 Å². The Kier molecular flexibility index (Phi) is 4.16. The van der Waals surface area contributed by atoms with E-state index in [1.54, 1.807) is 11.8 Å². The van der Waals surface area contributed by atoms with E-state index in [1.807, 2.05) is 12.1 Å². The Hall–Kier alpha value is -0.630. The summed E-state index contributed by atoms with van der Waals surface area (Å²) in [6.07, 6.45) is 3.43. The smallest absolute Gasteiger partial charge is 0.119 e. The first-order chi connectivity index (χ1) is 6.26. The van der Waals surface area contributed by atoms with Crippen LogP contribution in [-0.2, 0) is 0 Å². The van der Waals surface area contributed by atoms with E-state index in [2.05, 4.69) is 32.2 Å². The Morgan fingerprint density at radius 3 is 2.38 bits per heavy atom. The zero-order chi connectivity index (χ0) is 9.68. The monoisotopic (exact) mass is 196 g/mol. The highest BCUT2D eigenvalue weighted by molar-refractivity contribution is 7.98. The van der Waals surface area contributed by atoms with Crippen molar-refractivity contribution in [3.05, 3.63) is 24.3 Å². The first kappa shape index (κ1) is 10.5. The van der Waals surface area contributed by atoms with Crippen LogP contribution in [0.25, 0.3) is 0 Å². The minimum absolute atomic E-state index is 0.306. The number of ether oxygens (including phenoxy) is 1. The Morgan fingerprint density at radius 1 is 1.31 bits per heavy atom. The maximum absolute atomic E-state index is 5.65. The maximum atomic E-state index is 5.65. The topological polar surface area (TPSA) is 9.23 Å². The summed E-state index contributed by atoms with van der Waals surface area (Å²) in [7, 11) is 0. The molecule has 72 valence electrons. The van der Waals surface area contributed by atoms with Crippen LogP contribution >= 0.6 is 11.8 Å². The molecule has 1 atom stereocenters. The SMILES string of the molecule is CCC(C)Oc1ccc(SC)cc1. The first-order valence-corrected chi connectivity index (χ1v) is 5.79. The lowest BCUT2D eigenvalue weighted by molar-refractivity contribution is 0.217. The van der Waals surface area contributed by atoms with Crippen molar-refractivity contribution in [2.75, 3.05) is 6.26 Å². The van der Waals surface area contributed by atoms with Gasteiger partial charge in [0.15, 0.2) is 0 Å². The van der Waals surface area contributed by atoms with Gasteiger partial charge < -0.3 is 4.74 Å². The summed E-state index contributed by atoms with van der Waals surface area (Å²) in [5.74, 6) is 0.965. The van der Waals surface area contributed by atoms with Crippen LogP contribution in [0.5, 0.6) is 5.75 Å². The molecule has 1 rings (SSSR count). The third-order valence-corrected chi connectivity index (χ3v) is 2.72. The summed E-state index contributed by atoms with van der Waals surface area (Å²) in [6, 6.07) is 8.22. The molecule has 1 aromatic carbocycles. The van der Waals surface area contributed by atoms with Gasteiger partial charge in [0.2, 0.25) is 0 Å². The molecule has 0 heterocycles. The fraction of sp³-hybridized carbons (Fsp3) is 0.455. The van der Waals surface area contributed by atoms with Gasteiger partial charge in [-0.1, -0.05) is 6.92 Å². The van der Waals surface area contributed by atoms with Crippen molar-refractivity contribution in [1.29, 1.82) is 0 Å². The molecule has 2 heteroatoms. The van der Waals surface area contributed by atoms with E-state index in [1.165, 1.54) is 4.90 Å².